The van der Waals surface area contributed by atoms with E-state index in [-0.39, 0.29) is 5.57 Å². The van der Waals surface area contributed by atoms with E-state index < -0.39 is 5.97 Å². The first kappa shape index (κ1) is 17.1. The van der Waals surface area contributed by atoms with Crippen LogP contribution < -0.4 is 9.47 Å². The van der Waals surface area contributed by atoms with Crippen LogP contribution in [0.1, 0.15) is 16.7 Å². The van der Waals surface area contributed by atoms with Crippen LogP contribution in [-0.4, -0.2) is 18.2 Å². The lowest BCUT2D eigenvalue weighted by Crippen LogP contribution is -1.99. The highest BCUT2D eigenvalue weighted by atomic mass is 16.5. The van der Waals surface area contributed by atoms with Crippen LogP contribution in [-0.2, 0) is 11.4 Å². The minimum Gasteiger partial charge on any atom is -0.493 e. The third kappa shape index (κ3) is 4.37. The molecule has 0 aromatic heterocycles. The quantitative estimate of drug-likeness (QED) is 0.649. The first-order chi connectivity index (χ1) is 11.5. The molecule has 2 aromatic carbocycles. The Morgan fingerprint density at radius 1 is 1.25 bits per heavy atom. The highest BCUT2D eigenvalue weighted by Crippen LogP contribution is 2.29. The summed E-state index contributed by atoms with van der Waals surface area (Å²) in [5.41, 5.74) is 2.40. The van der Waals surface area contributed by atoms with Crippen LogP contribution in [0.4, 0.5) is 0 Å². The number of aryl methyl sites for hydroxylation is 1. The number of nitriles is 1. The molecule has 5 heteroatoms. The number of rotatable bonds is 6. The Morgan fingerprint density at radius 3 is 2.67 bits per heavy atom. The summed E-state index contributed by atoms with van der Waals surface area (Å²) < 4.78 is 11.1. The van der Waals surface area contributed by atoms with Gasteiger partial charge in [-0.15, -0.1) is 0 Å². The van der Waals surface area contributed by atoms with E-state index in [0.717, 1.165) is 11.1 Å². The maximum absolute atomic E-state index is 10.9. The molecule has 0 aliphatic carbocycles. The van der Waals surface area contributed by atoms with Crippen LogP contribution >= 0.6 is 0 Å². The predicted molar refractivity (Wildman–Crippen MR) is 89.7 cm³/mol. The maximum atomic E-state index is 10.9. The van der Waals surface area contributed by atoms with E-state index in [1.54, 1.807) is 24.3 Å². The summed E-state index contributed by atoms with van der Waals surface area (Å²) in [6, 6.07) is 14.6. The number of nitrogens with zero attached hydrogens (tertiary/aromatic N) is 1. The van der Waals surface area contributed by atoms with Crippen LogP contribution in [0.5, 0.6) is 11.5 Å². The predicted octanol–water partition coefficient (Wildman–Crippen LogP) is 3.57. The number of carboxylic acid groups (broad SMARTS) is 1. The van der Waals surface area contributed by atoms with Crippen LogP contribution in [0.3, 0.4) is 0 Å². The largest absolute Gasteiger partial charge is 0.493 e. The van der Waals surface area contributed by atoms with Gasteiger partial charge >= 0.3 is 5.97 Å². The molecule has 122 valence electrons. The standard InChI is InChI=1S/C19H17NO4/c1-13-4-3-5-15(8-13)12-24-17-7-6-14(10-18(17)23-2)9-16(11-20)19(21)22/h3-10H,12H2,1-2H3,(H,21,22). The molecule has 0 atom stereocenters. The Morgan fingerprint density at radius 2 is 2.04 bits per heavy atom. The molecule has 0 radical (unpaired) electrons. The average Bonchev–Trinajstić information content (AvgIpc) is 2.58. The second kappa shape index (κ2) is 7.84. The Labute approximate surface area is 140 Å². The van der Waals surface area contributed by atoms with Crippen LogP contribution in [0, 0.1) is 18.3 Å². The molecule has 1 N–H and O–H groups in total. The lowest BCUT2D eigenvalue weighted by molar-refractivity contribution is -0.132. The van der Waals surface area contributed by atoms with Crippen molar-refractivity contribution >= 4 is 12.0 Å². The van der Waals surface area contributed by atoms with Crippen molar-refractivity contribution in [3.8, 4) is 17.6 Å². The monoisotopic (exact) mass is 323 g/mol. The maximum Gasteiger partial charge on any atom is 0.346 e. The summed E-state index contributed by atoms with van der Waals surface area (Å²) >= 11 is 0. The Hall–Kier alpha value is -3.26. The first-order valence-corrected chi connectivity index (χ1v) is 7.25. The lowest BCUT2D eigenvalue weighted by atomic mass is 10.1. The molecule has 0 amide bonds. The number of hydrogen-bond donors (Lipinski definition) is 1. The second-order valence-electron chi connectivity index (χ2n) is 5.16. The highest BCUT2D eigenvalue weighted by Gasteiger charge is 2.09. The molecule has 24 heavy (non-hydrogen) atoms. The SMILES string of the molecule is COc1cc(C=C(C#N)C(=O)O)ccc1OCc1cccc(C)c1. The Bertz CT molecular complexity index is 818. The summed E-state index contributed by atoms with van der Waals surface area (Å²) in [4.78, 5) is 10.9. The van der Waals surface area contributed by atoms with E-state index in [9.17, 15) is 4.79 Å². The Balaban J connectivity index is 2.20. The van der Waals surface area contributed by atoms with Gasteiger partial charge in [-0.1, -0.05) is 35.9 Å². The van der Waals surface area contributed by atoms with Crippen molar-refractivity contribution < 1.29 is 19.4 Å². The summed E-state index contributed by atoms with van der Waals surface area (Å²) in [5.74, 6) is -0.250. The molecule has 0 spiro atoms. The van der Waals surface area contributed by atoms with Crippen molar-refractivity contribution in [2.45, 2.75) is 13.5 Å². The topological polar surface area (TPSA) is 79.5 Å². The summed E-state index contributed by atoms with van der Waals surface area (Å²) in [5, 5.41) is 17.7. The molecule has 0 saturated heterocycles. The third-order valence-corrected chi connectivity index (χ3v) is 3.33. The van der Waals surface area contributed by atoms with Gasteiger partial charge in [0, 0.05) is 0 Å². The minimum absolute atomic E-state index is 0.342. The van der Waals surface area contributed by atoms with Gasteiger partial charge in [-0.2, -0.15) is 5.26 Å². The number of carboxylic acids is 1. The van der Waals surface area contributed by atoms with E-state index in [1.165, 1.54) is 13.2 Å². The van der Waals surface area contributed by atoms with Crippen LogP contribution in [0.2, 0.25) is 0 Å². The van der Waals surface area contributed by atoms with E-state index in [1.807, 2.05) is 31.2 Å². The van der Waals surface area contributed by atoms with Crippen molar-refractivity contribution in [1.82, 2.24) is 0 Å². The normalized spacial score (nSPS) is 10.8. The molecule has 5 nitrogen and oxygen atoms in total. The molecule has 0 fully saturated rings. The molecule has 0 bridgehead atoms. The zero-order valence-electron chi connectivity index (χ0n) is 13.4. The zero-order chi connectivity index (χ0) is 17.5. The number of methoxy groups -OCH3 is 1. The van der Waals surface area contributed by atoms with Gasteiger partial charge in [0.1, 0.15) is 18.2 Å². The summed E-state index contributed by atoms with van der Waals surface area (Å²) in [6.45, 7) is 2.41. The van der Waals surface area contributed by atoms with Crippen molar-refractivity contribution in [1.29, 1.82) is 5.26 Å². The lowest BCUT2D eigenvalue weighted by Gasteiger charge is -2.12. The number of benzene rings is 2. The number of hydrogen-bond acceptors (Lipinski definition) is 4. The van der Waals surface area contributed by atoms with Gasteiger partial charge in [0.25, 0.3) is 0 Å². The molecular weight excluding hydrogens is 306 g/mol. The number of aliphatic carboxylic acids is 1. The van der Waals surface area contributed by atoms with Gasteiger partial charge in [0.2, 0.25) is 0 Å². The third-order valence-electron chi connectivity index (χ3n) is 3.33. The Kier molecular flexibility index (Phi) is 5.58. The van der Waals surface area contributed by atoms with Gasteiger partial charge < -0.3 is 14.6 Å². The van der Waals surface area contributed by atoms with Gasteiger partial charge in [0.15, 0.2) is 11.5 Å². The molecule has 0 heterocycles. The van der Waals surface area contributed by atoms with E-state index in [4.69, 9.17) is 19.8 Å². The fourth-order valence-corrected chi connectivity index (χ4v) is 2.16. The summed E-state index contributed by atoms with van der Waals surface area (Å²) in [6.07, 6.45) is 1.29. The van der Waals surface area contributed by atoms with E-state index in [0.29, 0.717) is 23.7 Å². The van der Waals surface area contributed by atoms with Crippen molar-refractivity contribution in [2.24, 2.45) is 0 Å². The van der Waals surface area contributed by atoms with E-state index in [2.05, 4.69) is 0 Å². The molecule has 2 aromatic rings. The first-order valence-electron chi connectivity index (χ1n) is 7.25. The van der Waals surface area contributed by atoms with Gasteiger partial charge in [0.05, 0.1) is 7.11 Å². The van der Waals surface area contributed by atoms with Crippen molar-refractivity contribution in [2.75, 3.05) is 7.11 Å². The van der Waals surface area contributed by atoms with Crippen LogP contribution in [0.25, 0.3) is 6.08 Å². The molecule has 0 saturated carbocycles. The van der Waals surface area contributed by atoms with Gasteiger partial charge in [-0.25, -0.2) is 4.79 Å². The highest BCUT2D eigenvalue weighted by molar-refractivity contribution is 5.96. The molecule has 2 rings (SSSR count). The molecular formula is C19H17NO4. The molecule has 0 unspecified atom stereocenters. The average molecular weight is 323 g/mol. The fourth-order valence-electron chi connectivity index (χ4n) is 2.16. The number of ether oxygens (including phenoxy) is 2. The second-order valence-corrected chi connectivity index (χ2v) is 5.16. The fraction of sp³-hybridized carbons (Fsp3) is 0.158. The minimum atomic E-state index is -1.27. The van der Waals surface area contributed by atoms with Crippen LogP contribution in [0.15, 0.2) is 48.0 Å². The molecule has 0 aliphatic rings. The number of carbonyl (C=O) groups is 1. The smallest absolute Gasteiger partial charge is 0.346 e. The van der Waals surface area contributed by atoms with Crippen molar-refractivity contribution in [3.05, 3.63) is 64.7 Å². The zero-order valence-corrected chi connectivity index (χ0v) is 13.4. The summed E-state index contributed by atoms with van der Waals surface area (Å²) in [7, 11) is 1.50. The molecule has 0 aliphatic heterocycles. The van der Waals surface area contributed by atoms with Gasteiger partial charge in [-0.3, -0.25) is 0 Å². The van der Waals surface area contributed by atoms with Gasteiger partial charge in [-0.05, 0) is 36.3 Å². The van der Waals surface area contributed by atoms with E-state index >= 15 is 0 Å². The van der Waals surface area contributed by atoms with Crippen molar-refractivity contribution in [3.63, 3.8) is 0 Å².